The van der Waals surface area contributed by atoms with Crippen molar-refractivity contribution in [2.24, 2.45) is 5.14 Å². The molecule has 3 N–H and O–H groups in total. The van der Waals surface area contributed by atoms with E-state index in [-0.39, 0.29) is 17.6 Å². The summed E-state index contributed by atoms with van der Waals surface area (Å²) in [5, 5.41) is 7.94. The number of nitrogens with one attached hydrogen (secondary N) is 1. The molecule has 7 heteroatoms. The van der Waals surface area contributed by atoms with Crippen LogP contribution in [-0.2, 0) is 10.0 Å². The van der Waals surface area contributed by atoms with Gasteiger partial charge in [-0.2, -0.15) is 0 Å². The fourth-order valence-electron chi connectivity index (χ4n) is 1.69. The SMILES string of the molecule is COc1ccc(C(C)NCCCS(N)(=O)=O)c(F)c1. The Morgan fingerprint density at radius 1 is 1.47 bits per heavy atom. The summed E-state index contributed by atoms with van der Waals surface area (Å²) in [4.78, 5) is 0. The molecule has 0 aromatic heterocycles. The Balaban J connectivity index is 2.52. The van der Waals surface area contributed by atoms with E-state index in [4.69, 9.17) is 9.88 Å². The van der Waals surface area contributed by atoms with E-state index in [0.29, 0.717) is 24.3 Å². The smallest absolute Gasteiger partial charge is 0.209 e. The molecule has 0 fully saturated rings. The number of nitrogens with two attached hydrogens (primary N) is 1. The third kappa shape index (κ3) is 5.54. The van der Waals surface area contributed by atoms with Crippen molar-refractivity contribution in [1.29, 1.82) is 0 Å². The van der Waals surface area contributed by atoms with Crippen molar-refractivity contribution in [3.8, 4) is 5.75 Å². The van der Waals surface area contributed by atoms with Crippen molar-refractivity contribution in [2.75, 3.05) is 19.4 Å². The monoisotopic (exact) mass is 290 g/mol. The van der Waals surface area contributed by atoms with Gasteiger partial charge in [-0.3, -0.25) is 0 Å². The minimum absolute atomic E-state index is 0.0855. The molecule has 1 atom stereocenters. The van der Waals surface area contributed by atoms with Crippen LogP contribution in [0.15, 0.2) is 18.2 Å². The summed E-state index contributed by atoms with van der Waals surface area (Å²) >= 11 is 0. The predicted molar refractivity (Wildman–Crippen MR) is 72.0 cm³/mol. The molecule has 5 nitrogen and oxygen atoms in total. The molecule has 0 aliphatic carbocycles. The zero-order valence-electron chi connectivity index (χ0n) is 11.0. The van der Waals surface area contributed by atoms with Gasteiger partial charge in [-0.1, -0.05) is 6.07 Å². The molecule has 0 radical (unpaired) electrons. The minimum atomic E-state index is -3.43. The quantitative estimate of drug-likeness (QED) is 0.738. The second kappa shape index (κ2) is 6.83. The highest BCUT2D eigenvalue weighted by Crippen LogP contribution is 2.21. The largest absolute Gasteiger partial charge is 0.497 e. The average molecular weight is 290 g/mol. The standard InChI is InChI=1S/C12H19FN2O3S/c1-9(15-6-3-7-19(14,16)17)11-5-4-10(18-2)8-12(11)13/h4-5,8-9,15H,3,6-7H2,1-2H3,(H2,14,16,17). The summed E-state index contributed by atoms with van der Waals surface area (Å²) in [6, 6.07) is 4.43. The van der Waals surface area contributed by atoms with E-state index in [0.717, 1.165) is 0 Å². The molecule has 0 spiro atoms. The number of sulfonamides is 1. The number of methoxy groups -OCH3 is 1. The average Bonchev–Trinajstić information content (AvgIpc) is 2.33. The lowest BCUT2D eigenvalue weighted by Gasteiger charge is -2.15. The molecule has 1 aromatic carbocycles. The van der Waals surface area contributed by atoms with Crippen LogP contribution in [0.25, 0.3) is 0 Å². The second-order valence-electron chi connectivity index (χ2n) is 4.28. The van der Waals surface area contributed by atoms with Crippen LogP contribution >= 0.6 is 0 Å². The van der Waals surface area contributed by atoms with Gasteiger partial charge in [0.25, 0.3) is 0 Å². The Morgan fingerprint density at radius 2 is 2.16 bits per heavy atom. The first-order valence-electron chi connectivity index (χ1n) is 5.91. The first-order valence-corrected chi connectivity index (χ1v) is 7.62. The molecule has 0 bridgehead atoms. The fourth-order valence-corrected chi connectivity index (χ4v) is 2.23. The molecule has 1 unspecified atom stereocenters. The van der Waals surface area contributed by atoms with Gasteiger partial charge in [0.15, 0.2) is 0 Å². The molecule has 0 amide bonds. The summed E-state index contributed by atoms with van der Waals surface area (Å²) in [5.41, 5.74) is 0.511. The molecular weight excluding hydrogens is 271 g/mol. The Morgan fingerprint density at radius 3 is 2.68 bits per heavy atom. The Bertz CT molecular complexity index is 520. The molecule has 108 valence electrons. The maximum atomic E-state index is 13.8. The second-order valence-corrected chi connectivity index (χ2v) is 6.02. The number of halogens is 1. The van der Waals surface area contributed by atoms with E-state index in [9.17, 15) is 12.8 Å². The van der Waals surface area contributed by atoms with Crippen molar-refractivity contribution < 1.29 is 17.5 Å². The third-order valence-electron chi connectivity index (χ3n) is 2.73. The number of primary sulfonamides is 1. The van der Waals surface area contributed by atoms with E-state index in [1.54, 1.807) is 12.1 Å². The number of hydrogen-bond donors (Lipinski definition) is 2. The van der Waals surface area contributed by atoms with Gasteiger partial charge in [0, 0.05) is 17.7 Å². The fraction of sp³-hybridized carbons (Fsp3) is 0.500. The minimum Gasteiger partial charge on any atom is -0.497 e. The van der Waals surface area contributed by atoms with Crippen LogP contribution in [0, 0.1) is 5.82 Å². The lowest BCUT2D eigenvalue weighted by Crippen LogP contribution is -2.24. The van der Waals surface area contributed by atoms with E-state index >= 15 is 0 Å². The van der Waals surface area contributed by atoms with Crippen molar-refractivity contribution in [3.05, 3.63) is 29.6 Å². The van der Waals surface area contributed by atoms with Crippen molar-refractivity contribution in [2.45, 2.75) is 19.4 Å². The summed E-state index contributed by atoms with van der Waals surface area (Å²) in [6.07, 6.45) is 0.390. The van der Waals surface area contributed by atoms with Crippen LogP contribution in [0.3, 0.4) is 0 Å². The van der Waals surface area contributed by atoms with Gasteiger partial charge in [0.2, 0.25) is 10.0 Å². The maximum absolute atomic E-state index is 13.8. The van der Waals surface area contributed by atoms with Gasteiger partial charge in [0.05, 0.1) is 12.9 Å². The summed E-state index contributed by atoms with van der Waals surface area (Å²) < 4.78 is 40.2. The first-order chi connectivity index (χ1) is 8.83. The molecule has 1 aromatic rings. The Hall–Kier alpha value is -1.18. The van der Waals surface area contributed by atoms with Crippen LogP contribution < -0.4 is 15.2 Å². The molecule has 0 saturated heterocycles. The Kier molecular flexibility index (Phi) is 5.71. The number of ether oxygens (including phenoxy) is 1. The van der Waals surface area contributed by atoms with Gasteiger partial charge < -0.3 is 10.1 Å². The lowest BCUT2D eigenvalue weighted by atomic mass is 10.1. The molecule has 0 saturated carbocycles. The number of benzene rings is 1. The number of hydrogen-bond acceptors (Lipinski definition) is 4. The predicted octanol–water partition coefficient (Wildman–Crippen LogP) is 1.16. The lowest BCUT2D eigenvalue weighted by molar-refractivity contribution is 0.409. The summed E-state index contributed by atoms with van der Waals surface area (Å²) in [7, 11) is -1.96. The molecule has 1 rings (SSSR count). The molecular formula is C12H19FN2O3S. The Labute approximate surface area is 113 Å². The highest BCUT2D eigenvalue weighted by molar-refractivity contribution is 7.89. The van der Waals surface area contributed by atoms with Gasteiger partial charge in [-0.05, 0) is 26.0 Å². The van der Waals surface area contributed by atoms with Gasteiger partial charge in [-0.25, -0.2) is 17.9 Å². The van der Waals surface area contributed by atoms with E-state index in [1.807, 2.05) is 6.92 Å². The highest BCUT2D eigenvalue weighted by atomic mass is 32.2. The molecule has 0 heterocycles. The third-order valence-corrected chi connectivity index (χ3v) is 3.59. The van der Waals surface area contributed by atoms with Crippen LogP contribution in [0.5, 0.6) is 5.75 Å². The van der Waals surface area contributed by atoms with Crippen LogP contribution in [0.2, 0.25) is 0 Å². The van der Waals surface area contributed by atoms with Gasteiger partial charge >= 0.3 is 0 Å². The highest BCUT2D eigenvalue weighted by Gasteiger charge is 2.11. The van der Waals surface area contributed by atoms with Crippen molar-refractivity contribution in [1.82, 2.24) is 5.32 Å². The van der Waals surface area contributed by atoms with Crippen LogP contribution in [-0.4, -0.2) is 27.8 Å². The molecule has 0 aliphatic rings. The molecule has 19 heavy (non-hydrogen) atoms. The van der Waals surface area contributed by atoms with Gasteiger partial charge in [-0.15, -0.1) is 0 Å². The normalized spacial score (nSPS) is 13.3. The molecule has 0 aliphatic heterocycles. The zero-order valence-corrected chi connectivity index (χ0v) is 11.8. The maximum Gasteiger partial charge on any atom is 0.209 e. The van der Waals surface area contributed by atoms with Crippen molar-refractivity contribution in [3.63, 3.8) is 0 Å². The van der Waals surface area contributed by atoms with E-state index in [1.165, 1.54) is 13.2 Å². The van der Waals surface area contributed by atoms with Gasteiger partial charge in [0.1, 0.15) is 11.6 Å². The zero-order chi connectivity index (χ0) is 14.5. The summed E-state index contributed by atoms with van der Waals surface area (Å²) in [6.45, 7) is 2.25. The number of rotatable bonds is 7. The van der Waals surface area contributed by atoms with E-state index < -0.39 is 10.0 Å². The van der Waals surface area contributed by atoms with Crippen molar-refractivity contribution >= 4 is 10.0 Å². The topological polar surface area (TPSA) is 81.4 Å². The summed E-state index contributed by atoms with van der Waals surface area (Å²) in [5.74, 6) is 0.0196. The van der Waals surface area contributed by atoms with E-state index in [2.05, 4.69) is 5.32 Å². The van der Waals surface area contributed by atoms with Crippen LogP contribution in [0.1, 0.15) is 24.9 Å². The first kappa shape index (κ1) is 15.9. The van der Waals surface area contributed by atoms with Crippen LogP contribution in [0.4, 0.5) is 4.39 Å².